The molecule has 2 aliphatic heterocycles. The second-order valence-electron chi connectivity index (χ2n) is 6.06. The molecular formula is C16H30IN5O4. The number of aliphatic imine (C=N–C) groups is 1. The quantitative estimate of drug-likeness (QED) is 0.224. The maximum atomic E-state index is 12.4. The first-order chi connectivity index (χ1) is 12.2. The molecule has 2 aliphatic rings. The third kappa shape index (κ3) is 6.88. The number of nitrogens with zero attached hydrogens (tertiary/aromatic N) is 3. The summed E-state index contributed by atoms with van der Waals surface area (Å²) in [4.78, 5) is 32.2. The Balaban J connectivity index is 0.00000338. The number of guanidine groups is 1. The van der Waals surface area contributed by atoms with Gasteiger partial charge in [-0.25, -0.2) is 0 Å². The molecular weight excluding hydrogens is 453 g/mol. The molecule has 0 saturated carbocycles. The monoisotopic (exact) mass is 483 g/mol. The van der Waals surface area contributed by atoms with Crippen molar-refractivity contribution in [1.29, 1.82) is 0 Å². The fourth-order valence-electron chi connectivity index (χ4n) is 2.96. The normalized spacial score (nSPS) is 20.5. The third-order valence-electron chi connectivity index (χ3n) is 4.34. The molecule has 2 rings (SSSR count). The molecule has 150 valence electrons. The van der Waals surface area contributed by atoms with Crippen molar-refractivity contribution in [3.8, 4) is 0 Å². The van der Waals surface area contributed by atoms with Gasteiger partial charge >= 0.3 is 0 Å². The minimum atomic E-state index is -0.264. The number of carbonyl (C=O) groups is 2. The summed E-state index contributed by atoms with van der Waals surface area (Å²) >= 11 is 0. The SMILES string of the molecule is CN=C(NCC(=O)NCCOC)N1CCN(C(=O)C2CCCO2)CC1.I. The van der Waals surface area contributed by atoms with Crippen LogP contribution in [0.4, 0.5) is 0 Å². The molecule has 10 heteroatoms. The summed E-state index contributed by atoms with van der Waals surface area (Å²) in [5.41, 5.74) is 0. The molecule has 9 nitrogen and oxygen atoms in total. The zero-order valence-corrected chi connectivity index (χ0v) is 17.9. The Hall–Kier alpha value is -1.14. The van der Waals surface area contributed by atoms with E-state index in [9.17, 15) is 9.59 Å². The number of rotatable bonds is 6. The Labute approximate surface area is 171 Å². The van der Waals surface area contributed by atoms with E-state index in [-0.39, 0.29) is 48.4 Å². The van der Waals surface area contributed by atoms with E-state index >= 15 is 0 Å². The summed E-state index contributed by atoms with van der Waals surface area (Å²) in [5.74, 6) is 0.661. The maximum absolute atomic E-state index is 12.4. The van der Waals surface area contributed by atoms with Gasteiger partial charge < -0.3 is 29.9 Å². The number of ether oxygens (including phenoxy) is 2. The summed E-state index contributed by atoms with van der Waals surface area (Å²) in [6.07, 6.45) is 1.51. The average molecular weight is 483 g/mol. The molecule has 2 saturated heterocycles. The Kier molecular flexibility index (Phi) is 10.8. The van der Waals surface area contributed by atoms with E-state index in [4.69, 9.17) is 9.47 Å². The van der Waals surface area contributed by atoms with Crippen LogP contribution in [0.3, 0.4) is 0 Å². The number of hydrogen-bond acceptors (Lipinski definition) is 5. The van der Waals surface area contributed by atoms with Gasteiger partial charge in [0.15, 0.2) is 5.96 Å². The van der Waals surface area contributed by atoms with Crippen molar-refractivity contribution in [2.24, 2.45) is 4.99 Å². The number of amides is 2. The smallest absolute Gasteiger partial charge is 0.251 e. The summed E-state index contributed by atoms with van der Waals surface area (Å²) in [7, 11) is 3.28. The first-order valence-corrected chi connectivity index (χ1v) is 8.77. The zero-order valence-electron chi connectivity index (χ0n) is 15.5. The zero-order chi connectivity index (χ0) is 18.1. The van der Waals surface area contributed by atoms with Crippen molar-refractivity contribution < 1.29 is 19.1 Å². The van der Waals surface area contributed by atoms with Gasteiger partial charge in [-0.15, -0.1) is 24.0 Å². The van der Waals surface area contributed by atoms with Gasteiger partial charge in [0.25, 0.3) is 5.91 Å². The number of carbonyl (C=O) groups excluding carboxylic acids is 2. The third-order valence-corrected chi connectivity index (χ3v) is 4.34. The fourth-order valence-corrected chi connectivity index (χ4v) is 2.96. The Morgan fingerprint density at radius 3 is 2.46 bits per heavy atom. The molecule has 2 heterocycles. The molecule has 1 atom stereocenters. The second-order valence-corrected chi connectivity index (χ2v) is 6.06. The molecule has 0 aliphatic carbocycles. The standard InChI is InChI=1S/C16H29N5O4.HI/c1-17-16(19-12-14(22)18-5-11-24-2)21-8-6-20(7-9-21)15(23)13-4-3-10-25-13;/h13H,3-12H2,1-2H3,(H,17,19)(H,18,22);1H. The lowest BCUT2D eigenvalue weighted by atomic mass is 10.2. The van der Waals surface area contributed by atoms with Crippen molar-refractivity contribution >= 4 is 41.8 Å². The molecule has 0 radical (unpaired) electrons. The minimum absolute atomic E-state index is 0. The van der Waals surface area contributed by atoms with Gasteiger partial charge in [-0.3, -0.25) is 14.6 Å². The molecule has 1 unspecified atom stereocenters. The van der Waals surface area contributed by atoms with Gasteiger partial charge in [0, 0.05) is 53.5 Å². The van der Waals surface area contributed by atoms with Crippen LogP contribution < -0.4 is 10.6 Å². The molecule has 2 amide bonds. The summed E-state index contributed by atoms with van der Waals surface area (Å²) in [6, 6.07) is 0. The first-order valence-electron chi connectivity index (χ1n) is 8.77. The Morgan fingerprint density at radius 1 is 1.19 bits per heavy atom. The van der Waals surface area contributed by atoms with Crippen molar-refractivity contribution in [3.63, 3.8) is 0 Å². The molecule has 0 aromatic heterocycles. The predicted octanol–water partition coefficient (Wildman–Crippen LogP) is -0.734. The summed E-state index contributed by atoms with van der Waals surface area (Å²) in [6.45, 7) is 4.46. The van der Waals surface area contributed by atoms with Crippen molar-refractivity contribution in [1.82, 2.24) is 20.4 Å². The van der Waals surface area contributed by atoms with Crippen LogP contribution >= 0.6 is 24.0 Å². The van der Waals surface area contributed by atoms with E-state index in [0.717, 1.165) is 12.8 Å². The van der Waals surface area contributed by atoms with E-state index < -0.39 is 0 Å². The van der Waals surface area contributed by atoms with Crippen LogP contribution in [-0.4, -0.2) is 100 Å². The maximum Gasteiger partial charge on any atom is 0.251 e. The van der Waals surface area contributed by atoms with E-state index in [0.29, 0.717) is 51.9 Å². The van der Waals surface area contributed by atoms with Crippen LogP contribution in [0.5, 0.6) is 0 Å². The molecule has 0 spiro atoms. The van der Waals surface area contributed by atoms with Gasteiger partial charge in [0.1, 0.15) is 6.10 Å². The number of methoxy groups -OCH3 is 1. The highest BCUT2D eigenvalue weighted by Crippen LogP contribution is 2.16. The van der Waals surface area contributed by atoms with E-state index in [2.05, 4.69) is 20.5 Å². The highest BCUT2D eigenvalue weighted by molar-refractivity contribution is 14.0. The molecule has 0 bridgehead atoms. The number of piperazine rings is 1. The molecule has 2 N–H and O–H groups in total. The van der Waals surface area contributed by atoms with E-state index in [1.165, 1.54) is 0 Å². The van der Waals surface area contributed by atoms with Gasteiger partial charge in [-0.1, -0.05) is 0 Å². The topological polar surface area (TPSA) is 95.5 Å². The van der Waals surface area contributed by atoms with Crippen LogP contribution in [0.25, 0.3) is 0 Å². The highest BCUT2D eigenvalue weighted by atomic mass is 127. The van der Waals surface area contributed by atoms with Crippen molar-refractivity contribution in [2.75, 3.05) is 66.6 Å². The van der Waals surface area contributed by atoms with Crippen LogP contribution in [0.2, 0.25) is 0 Å². The lowest BCUT2D eigenvalue weighted by Crippen LogP contribution is -2.56. The van der Waals surface area contributed by atoms with Crippen LogP contribution in [0.15, 0.2) is 4.99 Å². The Morgan fingerprint density at radius 2 is 1.88 bits per heavy atom. The molecule has 26 heavy (non-hydrogen) atoms. The van der Waals surface area contributed by atoms with E-state index in [1.807, 2.05) is 4.90 Å². The first kappa shape index (κ1) is 22.9. The van der Waals surface area contributed by atoms with Gasteiger partial charge in [0.2, 0.25) is 5.91 Å². The molecule has 2 fully saturated rings. The fraction of sp³-hybridized carbons (Fsp3) is 0.812. The predicted molar refractivity (Wildman–Crippen MR) is 109 cm³/mol. The van der Waals surface area contributed by atoms with Crippen LogP contribution in [0, 0.1) is 0 Å². The number of halogens is 1. The Bertz CT molecular complexity index is 477. The molecule has 0 aromatic carbocycles. The lowest BCUT2D eigenvalue weighted by Gasteiger charge is -2.37. The average Bonchev–Trinajstić information content (AvgIpc) is 3.17. The van der Waals surface area contributed by atoms with Crippen LogP contribution in [0.1, 0.15) is 12.8 Å². The number of nitrogens with one attached hydrogen (secondary N) is 2. The summed E-state index contributed by atoms with van der Waals surface area (Å²) in [5, 5.41) is 5.81. The van der Waals surface area contributed by atoms with Crippen molar-refractivity contribution in [2.45, 2.75) is 18.9 Å². The van der Waals surface area contributed by atoms with Crippen molar-refractivity contribution in [3.05, 3.63) is 0 Å². The van der Waals surface area contributed by atoms with Gasteiger partial charge in [-0.05, 0) is 12.8 Å². The second kappa shape index (κ2) is 12.3. The largest absolute Gasteiger partial charge is 0.383 e. The van der Waals surface area contributed by atoms with E-state index in [1.54, 1.807) is 14.2 Å². The van der Waals surface area contributed by atoms with Gasteiger partial charge in [0.05, 0.1) is 13.2 Å². The molecule has 0 aromatic rings. The highest BCUT2D eigenvalue weighted by Gasteiger charge is 2.30. The lowest BCUT2D eigenvalue weighted by molar-refractivity contribution is -0.142. The summed E-state index contributed by atoms with van der Waals surface area (Å²) < 4.78 is 10.4. The van der Waals surface area contributed by atoms with Crippen LogP contribution in [-0.2, 0) is 19.1 Å². The number of hydrogen-bond donors (Lipinski definition) is 2. The van der Waals surface area contributed by atoms with Gasteiger partial charge in [-0.2, -0.15) is 0 Å². The minimum Gasteiger partial charge on any atom is -0.383 e.